The molecule has 4 heteroatoms. The van der Waals surface area contributed by atoms with E-state index in [9.17, 15) is 5.11 Å². The van der Waals surface area contributed by atoms with Crippen molar-refractivity contribution in [1.82, 2.24) is 4.90 Å². The number of aryl methyl sites for hydroxylation is 1. The van der Waals surface area contributed by atoms with Gasteiger partial charge in [0.15, 0.2) is 0 Å². The number of piperazine rings is 1. The Hall–Kier alpha value is -2.04. The number of ether oxygens (including phenoxy) is 1. The predicted octanol–water partition coefficient (Wildman–Crippen LogP) is 2.56. The minimum absolute atomic E-state index is 0.337. The smallest absolute Gasteiger partial charge is 0.122 e. The monoisotopic (exact) mass is 326 g/mol. The largest absolute Gasteiger partial charge is 0.491 e. The van der Waals surface area contributed by atoms with Crippen molar-refractivity contribution in [1.29, 1.82) is 0 Å². The van der Waals surface area contributed by atoms with Crippen molar-refractivity contribution in [3.05, 3.63) is 60.2 Å². The number of β-amino-alcohol motifs (C(OH)–C–C–N with tert-alkyl or cyclic N) is 1. The normalized spacial score (nSPS) is 16.8. The van der Waals surface area contributed by atoms with Crippen LogP contribution in [0, 0.1) is 6.92 Å². The second-order valence-electron chi connectivity index (χ2n) is 6.35. The van der Waals surface area contributed by atoms with Crippen LogP contribution in [0.15, 0.2) is 54.6 Å². The summed E-state index contributed by atoms with van der Waals surface area (Å²) in [5.74, 6) is 0.852. The van der Waals surface area contributed by atoms with E-state index in [2.05, 4.69) is 34.1 Å². The Morgan fingerprint density at radius 2 is 1.62 bits per heavy atom. The van der Waals surface area contributed by atoms with Crippen LogP contribution in [0.25, 0.3) is 0 Å². The maximum atomic E-state index is 10.3. The molecular formula is C20H26N2O2. The highest BCUT2D eigenvalue weighted by molar-refractivity contribution is 5.46. The summed E-state index contributed by atoms with van der Waals surface area (Å²) >= 11 is 0. The molecule has 0 aromatic heterocycles. The zero-order valence-electron chi connectivity index (χ0n) is 14.3. The van der Waals surface area contributed by atoms with Crippen LogP contribution in [-0.4, -0.2) is 55.4 Å². The van der Waals surface area contributed by atoms with Gasteiger partial charge in [0.1, 0.15) is 18.5 Å². The van der Waals surface area contributed by atoms with E-state index in [1.807, 2.05) is 37.3 Å². The van der Waals surface area contributed by atoms with Gasteiger partial charge in [-0.05, 0) is 30.7 Å². The third-order valence-corrected chi connectivity index (χ3v) is 4.49. The Labute approximate surface area is 144 Å². The van der Waals surface area contributed by atoms with E-state index in [4.69, 9.17) is 4.74 Å². The molecule has 0 amide bonds. The molecule has 1 aliphatic rings. The van der Waals surface area contributed by atoms with Crippen LogP contribution in [0.2, 0.25) is 0 Å². The van der Waals surface area contributed by atoms with Crippen molar-refractivity contribution in [2.24, 2.45) is 0 Å². The standard InChI is InChI=1S/C20H26N2O2/c1-17-7-5-6-10-20(17)24-16-19(23)15-21-11-13-22(14-12-21)18-8-3-2-4-9-18/h2-10,19,23H,11-16H2,1H3/t19-/m0/s1. The molecule has 0 bridgehead atoms. The lowest BCUT2D eigenvalue weighted by atomic mass is 10.2. The molecule has 0 saturated carbocycles. The van der Waals surface area contributed by atoms with Crippen molar-refractivity contribution in [2.75, 3.05) is 44.2 Å². The van der Waals surface area contributed by atoms with Gasteiger partial charge in [0.2, 0.25) is 0 Å². The molecule has 1 fully saturated rings. The van der Waals surface area contributed by atoms with Gasteiger partial charge < -0.3 is 14.7 Å². The SMILES string of the molecule is Cc1ccccc1OC[C@@H](O)CN1CCN(c2ccccc2)CC1. The van der Waals surface area contributed by atoms with Crippen molar-refractivity contribution in [2.45, 2.75) is 13.0 Å². The molecule has 2 aromatic rings. The fourth-order valence-electron chi connectivity index (χ4n) is 3.08. The molecule has 1 heterocycles. The number of hydrogen-bond acceptors (Lipinski definition) is 4. The molecule has 1 aliphatic heterocycles. The minimum Gasteiger partial charge on any atom is -0.491 e. The van der Waals surface area contributed by atoms with E-state index < -0.39 is 6.10 Å². The van der Waals surface area contributed by atoms with E-state index in [-0.39, 0.29) is 0 Å². The van der Waals surface area contributed by atoms with E-state index in [1.165, 1.54) is 5.69 Å². The number of hydrogen-bond donors (Lipinski definition) is 1. The highest BCUT2D eigenvalue weighted by atomic mass is 16.5. The molecule has 0 radical (unpaired) electrons. The molecule has 1 atom stereocenters. The summed E-state index contributed by atoms with van der Waals surface area (Å²) in [6.07, 6.45) is -0.465. The third kappa shape index (κ3) is 4.49. The van der Waals surface area contributed by atoms with E-state index in [1.54, 1.807) is 0 Å². The third-order valence-electron chi connectivity index (χ3n) is 4.49. The lowest BCUT2D eigenvalue weighted by Crippen LogP contribution is -2.49. The Bertz CT molecular complexity index is 625. The zero-order chi connectivity index (χ0) is 16.8. The Morgan fingerprint density at radius 3 is 2.33 bits per heavy atom. The van der Waals surface area contributed by atoms with Crippen molar-refractivity contribution in [3.8, 4) is 5.75 Å². The zero-order valence-corrected chi connectivity index (χ0v) is 14.3. The molecule has 0 aliphatic carbocycles. The maximum Gasteiger partial charge on any atom is 0.122 e. The number of aliphatic hydroxyl groups is 1. The number of para-hydroxylation sites is 2. The fraction of sp³-hybridized carbons (Fsp3) is 0.400. The first kappa shape index (κ1) is 16.8. The highest BCUT2D eigenvalue weighted by Gasteiger charge is 2.19. The van der Waals surface area contributed by atoms with Crippen LogP contribution in [0.5, 0.6) is 5.75 Å². The lowest BCUT2D eigenvalue weighted by molar-refractivity contribution is 0.0661. The topological polar surface area (TPSA) is 35.9 Å². The summed E-state index contributed by atoms with van der Waals surface area (Å²) in [5.41, 5.74) is 2.38. The van der Waals surface area contributed by atoms with Gasteiger partial charge in [-0.25, -0.2) is 0 Å². The van der Waals surface area contributed by atoms with Gasteiger partial charge in [-0.1, -0.05) is 36.4 Å². The van der Waals surface area contributed by atoms with E-state index in [0.29, 0.717) is 13.2 Å². The number of anilines is 1. The summed E-state index contributed by atoms with van der Waals surface area (Å²) in [4.78, 5) is 4.71. The number of benzene rings is 2. The number of nitrogens with zero attached hydrogens (tertiary/aromatic N) is 2. The predicted molar refractivity (Wildman–Crippen MR) is 97.8 cm³/mol. The van der Waals surface area contributed by atoms with Crippen LogP contribution in [0.3, 0.4) is 0 Å². The highest BCUT2D eigenvalue weighted by Crippen LogP contribution is 2.17. The second-order valence-corrected chi connectivity index (χ2v) is 6.35. The number of rotatable bonds is 6. The van der Waals surface area contributed by atoms with Crippen LogP contribution in [0.4, 0.5) is 5.69 Å². The van der Waals surface area contributed by atoms with Gasteiger partial charge in [0.05, 0.1) is 0 Å². The molecule has 3 rings (SSSR count). The molecule has 128 valence electrons. The van der Waals surface area contributed by atoms with Crippen LogP contribution < -0.4 is 9.64 Å². The van der Waals surface area contributed by atoms with Crippen LogP contribution in [0.1, 0.15) is 5.56 Å². The summed E-state index contributed by atoms with van der Waals surface area (Å²) in [6.45, 7) is 6.94. The molecule has 0 spiro atoms. The average molecular weight is 326 g/mol. The summed E-state index contributed by atoms with van der Waals surface area (Å²) in [5, 5.41) is 10.3. The van der Waals surface area contributed by atoms with Crippen LogP contribution >= 0.6 is 0 Å². The van der Waals surface area contributed by atoms with Crippen molar-refractivity contribution in [3.63, 3.8) is 0 Å². The van der Waals surface area contributed by atoms with E-state index >= 15 is 0 Å². The van der Waals surface area contributed by atoms with Gasteiger partial charge in [-0.3, -0.25) is 4.90 Å². The summed E-state index contributed by atoms with van der Waals surface area (Å²) in [6, 6.07) is 18.4. The molecular weight excluding hydrogens is 300 g/mol. The maximum absolute atomic E-state index is 10.3. The molecule has 4 nitrogen and oxygen atoms in total. The molecule has 24 heavy (non-hydrogen) atoms. The number of aliphatic hydroxyl groups excluding tert-OH is 1. The Kier molecular flexibility index (Phi) is 5.72. The van der Waals surface area contributed by atoms with Crippen molar-refractivity contribution < 1.29 is 9.84 Å². The molecule has 1 N–H and O–H groups in total. The van der Waals surface area contributed by atoms with Crippen LogP contribution in [-0.2, 0) is 0 Å². The quantitative estimate of drug-likeness (QED) is 0.885. The second kappa shape index (κ2) is 8.18. The van der Waals surface area contributed by atoms with Gasteiger partial charge >= 0.3 is 0 Å². The Balaban J connectivity index is 1.42. The molecule has 1 saturated heterocycles. The van der Waals surface area contributed by atoms with Gasteiger partial charge in [0.25, 0.3) is 0 Å². The lowest BCUT2D eigenvalue weighted by Gasteiger charge is -2.36. The molecule has 2 aromatic carbocycles. The first-order chi connectivity index (χ1) is 11.7. The van der Waals surface area contributed by atoms with Gasteiger partial charge in [-0.15, -0.1) is 0 Å². The van der Waals surface area contributed by atoms with Gasteiger partial charge in [0, 0.05) is 38.4 Å². The first-order valence-electron chi connectivity index (χ1n) is 8.61. The molecule has 0 unspecified atom stereocenters. The minimum atomic E-state index is -0.465. The Morgan fingerprint density at radius 1 is 0.958 bits per heavy atom. The van der Waals surface area contributed by atoms with Crippen molar-refractivity contribution >= 4 is 5.69 Å². The fourth-order valence-corrected chi connectivity index (χ4v) is 3.08. The summed E-state index contributed by atoms with van der Waals surface area (Å²) < 4.78 is 5.74. The van der Waals surface area contributed by atoms with Gasteiger partial charge in [-0.2, -0.15) is 0 Å². The summed E-state index contributed by atoms with van der Waals surface area (Å²) in [7, 11) is 0. The van der Waals surface area contributed by atoms with E-state index in [0.717, 1.165) is 37.5 Å². The average Bonchev–Trinajstić information content (AvgIpc) is 2.62. The first-order valence-corrected chi connectivity index (χ1v) is 8.61.